The average molecular weight is 261 g/mol. The fourth-order valence-electron chi connectivity index (χ4n) is 2.62. The molecular weight excluding hydrogens is 238 g/mol. The van der Waals surface area contributed by atoms with Crippen molar-refractivity contribution < 1.29 is 9.21 Å². The maximum absolute atomic E-state index is 12.1. The van der Waals surface area contributed by atoms with Gasteiger partial charge in [0.15, 0.2) is 0 Å². The lowest BCUT2D eigenvalue weighted by atomic mass is 9.87. The van der Waals surface area contributed by atoms with Crippen LogP contribution >= 0.6 is 0 Å². The third kappa shape index (κ3) is 3.72. The van der Waals surface area contributed by atoms with Gasteiger partial charge in [0, 0.05) is 19.2 Å². The summed E-state index contributed by atoms with van der Waals surface area (Å²) in [4.78, 5) is 14.0. The second-order valence-corrected chi connectivity index (χ2v) is 5.64. The van der Waals surface area contributed by atoms with Gasteiger partial charge >= 0.3 is 0 Å². The molecule has 0 saturated heterocycles. The number of hydrogen-bond donors (Lipinski definition) is 0. The quantitative estimate of drug-likeness (QED) is 0.778. The minimum atomic E-state index is 0.0635. The zero-order valence-electron chi connectivity index (χ0n) is 12.1. The van der Waals surface area contributed by atoms with Crippen molar-refractivity contribution in [2.75, 3.05) is 7.05 Å². The second-order valence-electron chi connectivity index (χ2n) is 5.64. The van der Waals surface area contributed by atoms with Crippen LogP contribution < -0.4 is 0 Å². The molecule has 3 nitrogen and oxygen atoms in total. The third-order valence-electron chi connectivity index (χ3n) is 4.03. The van der Waals surface area contributed by atoms with Crippen molar-refractivity contribution in [1.82, 2.24) is 4.90 Å². The van der Waals surface area contributed by atoms with Crippen LogP contribution in [0.25, 0.3) is 6.08 Å². The molecule has 0 aliphatic heterocycles. The van der Waals surface area contributed by atoms with E-state index in [1.807, 2.05) is 31.0 Å². The lowest BCUT2D eigenvalue weighted by Crippen LogP contribution is -2.38. The molecule has 1 saturated carbocycles. The van der Waals surface area contributed by atoms with E-state index in [-0.39, 0.29) is 5.91 Å². The second kappa shape index (κ2) is 6.09. The van der Waals surface area contributed by atoms with E-state index in [1.54, 1.807) is 12.2 Å². The Kier molecular flexibility index (Phi) is 4.46. The molecule has 1 aliphatic rings. The molecule has 0 aromatic carbocycles. The molecule has 1 aromatic heterocycles. The van der Waals surface area contributed by atoms with Crippen LogP contribution in [-0.2, 0) is 4.79 Å². The molecule has 19 heavy (non-hydrogen) atoms. The van der Waals surface area contributed by atoms with Gasteiger partial charge in [-0.3, -0.25) is 4.79 Å². The maximum Gasteiger partial charge on any atom is 0.246 e. The number of hydrogen-bond acceptors (Lipinski definition) is 2. The molecule has 1 fully saturated rings. The van der Waals surface area contributed by atoms with Crippen LogP contribution in [0.3, 0.4) is 0 Å². The van der Waals surface area contributed by atoms with Crippen LogP contribution in [0.2, 0.25) is 0 Å². The van der Waals surface area contributed by atoms with Gasteiger partial charge in [-0.05, 0) is 56.7 Å². The van der Waals surface area contributed by atoms with Gasteiger partial charge in [0.05, 0.1) is 0 Å². The predicted octanol–water partition coefficient (Wildman–Crippen LogP) is 3.64. The molecule has 0 spiro atoms. The number of aryl methyl sites for hydroxylation is 1. The molecule has 1 amide bonds. The smallest absolute Gasteiger partial charge is 0.246 e. The Morgan fingerprint density at radius 3 is 2.58 bits per heavy atom. The molecule has 3 heteroatoms. The van der Waals surface area contributed by atoms with Crippen molar-refractivity contribution in [2.24, 2.45) is 5.92 Å². The van der Waals surface area contributed by atoms with E-state index < -0.39 is 0 Å². The summed E-state index contributed by atoms with van der Waals surface area (Å²) in [6.07, 6.45) is 8.05. The first-order valence-electron chi connectivity index (χ1n) is 7.07. The van der Waals surface area contributed by atoms with E-state index in [0.717, 1.165) is 30.3 Å². The molecule has 0 unspecified atom stereocenters. The first-order chi connectivity index (χ1) is 9.06. The predicted molar refractivity (Wildman–Crippen MR) is 76.7 cm³/mol. The van der Waals surface area contributed by atoms with Gasteiger partial charge in [0.1, 0.15) is 11.5 Å². The summed E-state index contributed by atoms with van der Waals surface area (Å²) in [6.45, 7) is 4.19. The van der Waals surface area contributed by atoms with Crippen LogP contribution in [-0.4, -0.2) is 23.9 Å². The molecule has 0 radical (unpaired) electrons. The van der Waals surface area contributed by atoms with Crippen LogP contribution in [0.1, 0.15) is 44.1 Å². The number of amides is 1. The van der Waals surface area contributed by atoms with E-state index in [1.165, 1.54) is 12.8 Å². The monoisotopic (exact) mass is 261 g/mol. The molecule has 1 aromatic rings. The van der Waals surface area contributed by atoms with Gasteiger partial charge in [0.2, 0.25) is 5.91 Å². The van der Waals surface area contributed by atoms with Crippen molar-refractivity contribution in [2.45, 2.75) is 45.6 Å². The first kappa shape index (κ1) is 13.9. The number of furan rings is 1. The normalized spacial score (nSPS) is 23.7. The van der Waals surface area contributed by atoms with Gasteiger partial charge in [-0.2, -0.15) is 0 Å². The number of nitrogens with zero attached hydrogens (tertiary/aromatic N) is 1. The summed E-state index contributed by atoms with van der Waals surface area (Å²) in [5.74, 6) is 2.47. The number of carbonyl (C=O) groups is 1. The molecule has 2 rings (SSSR count). The molecule has 0 bridgehead atoms. The summed E-state index contributed by atoms with van der Waals surface area (Å²) in [7, 11) is 1.90. The van der Waals surface area contributed by atoms with Crippen LogP contribution in [0.15, 0.2) is 22.6 Å². The summed E-state index contributed by atoms with van der Waals surface area (Å²) in [6, 6.07) is 4.17. The SMILES string of the molecule is Cc1ccc(/C=C/C(=O)N(C)C2CCC(C)CC2)o1. The van der Waals surface area contributed by atoms with Crippen molar-refractivity contribution in [3.8, 4) is 0 Å². The molecule has 104 valence electrons. The fraction of sp³-hybridized carbons (Fsp3) is 0.562. The van der Waals surface area contributed by atoms with Crippen molar-refractivity contribution in [3.63, 3.8) is 0 Å². The number of rotatable bonds is 3. The van der Waals surface area contributed by atoms with E-state index >= 15 is 0 Å². The molecule has 1 aliphatic carbocycles. The van der Waals surface area contributed by atoms with Crippen molar-refractivity contribution in [1.29, 1.82) is 0 Å². The number of carbonyl (C=O) groups excluding carboxylic acids is 1. The highest BCUT2D eigenvalue weighted by atomic mass is 16.3. The Morgan fingerprint density at radius 2 is 2.00 bits per heavy atom. The minimum absolute atomic E-state index is 0.0635. The Balaban J connectivity index is 1.90. The van der Waals surface area contributed by atoms with Crippen molar-refractivity contribution >= 4 is 12.0 Å². The van der Waals surface area contributed by atoms with E-state index in [2.05, 4.69) is 6.92 Å². The summed E-state index contributed by atoms with van der Waals surface area (Å²) in [5, 5.41) is 0. The lowest BCUT2D eigenvalue weighted by molar-refractivity contribution is -0.127. The van der Waals surface area contributed by atoms with E-state index in [9.17, 15) is 4.79 Å². The molecule has 0 atom stereocenters. The summed E-state index contributed by atoms with van der Waals surface area (Å²) in [5.41, 5.74) is 0. The Bertz CT molecular complexity index is 453. The largest absolute Gasteiger partial charge is 0.462 e. The van der Waals surface area contributed by atoms with Gasteiger partial charge in [-0.25, -0.2) is 0 Å². The molecular formula is C16H23NO2. The first-order valence-corrected chi connectivity index (χ1v) is 7.07. The minimum Gasteiger partial charge on any atom is -0.462 e. The van der Waals surface area contributed by atoms with Gasteiger partial charge in [-0.15, -0.1) is 0 Å². The van der Waals surface area contributed by atoms with Gasteiger partial charge < -0.3 is 9.32 Å². The molecule has 1 heterocycles. The Hall–Kier alpha value is -1.51. The zero-order chi connectivity index (χ0) is 13.8. The van der Waals surface area contributed by atoms with Crippen LogP contribution in [0.5, 0.6) is 0 Å². The van der Waals surface area contributed by atoms with Gasteiger partial charge in [0.25, 0.3) is 0 Å². The topological polar surface area (TPSA) is 33.5 Å². The van der Waals surface area contributed by atoms with E-state index in [0.29, 0.717) is 6.04 Å². The third-order valence-corrected chi connectivity index (χ3v) is 4.03. The number of likely N-dealkylation sites (N-methyl/N-ethyl adjacent to an activating group) is 1. The average Bonchev–Trinajstić information content (AvgIpc) is 2.82. The lowest BCUT2D eigenvalue weighted by Gasteiger charge is -2.33. The Labute approximate surface area is 115 Å². The van der Waals surface area contributed by atoms with Crippen LogP contribution in [0.4, 0.5) is 0 Å². The standard InChI is InChI=1S/C16H23NO2/c1-12-4-7-14(8-5-12)17(3)16(18)11-10-15-9-6-13(2)19-15/h6,9-12,14H,4-5,7-8H2,1-3H3/b11-10+. The van der Waals surface area contributed by atoms with Crippen LogP contribution in [0, 0.1) is 12.8 Å². The highest BCUT2D eigenvalue weighted by molar-refractivity contribution is 5.91. The molecule has 0 N–H and O–H groups in total. The Morgan fingerprint density at radius 1 is 1.32 bits per heavy atom. The van der Waals surface area contributed by atoms with Crippen molar-refractivity contribution in [3.05, 3.63) is 29.7 Å². The van der Waals surface area contributed by atoms with Gasteiger partial charge in [-0.1, -0.05) is 6.92 Å². The fourth-order valence-corrected chi connectivity index (χ4v) is 2.62. The zero-order valence-corrected chi connectivity index (χ0v) is 12.1. The summed E-state index contributed by atoms with van der Waals surface area (Å²) < 4.78 is 5.42. The summed E-state index contributed by atoms with van der Waals surface area (Å²) >= 11 is 0. The van der Waals surface area contributed by atoms with E-state index in [4.69, 9.17) is 4.42 Å². The maximum atomic E-state index is 12.1. The highest BCUT2D eigenvalue weighted by Gasteiger charge is 2.23. The highest BCUT2D eigenvalue weighted by Crippen LogP contribution is 2.26.